The summed E-state index contributed by atoms with van der Waals surface area (Å²) in [5.74, 6) is -0.123. The number of thioether (sulfide) groups is 1. The third-order valence-corrected chi connectivity index (χ3v) is 7.03. The highest BCUT2D eigenvalue weighted by atomic mass is 35.5. The van der Waals surface area contributed by atoms with Crippen LogP contribution in [-0.4, -0.2) is 46.7 Å². The maximum atomic E-state index is 13.5. The largest absolute Gasteiger partial charge is 0.340 e. The number of hydrogen-bond donors (Lipinski definition) is 2. The maximum absolute atomic E-state index is 13.5. The van der Waals surface area contributed by atoms with E-state index in [2.05, 4.69) is 25.5 Å². The fourth-order valence-electron chi connectivity index (χ4n) is 4.14. The standard InChI is InChI=1S/C26H29ClFN5OS/c1-35-24-16-22-19(26(30-17-29-22)31-18-9-10-21(28)20(27)14-18)15-23(24)32-25(34)8-4-2-5-11-33-12-6-3-7-13-33/h4,8-10,14-17H,2-3,5-7,11-13H2,1H3,(H,32,34)(H,29,30,31)/b8-4+. The first-order valence-corrected chi connectivity index (χ1v) is 13.4. The van der Waals surface area contributed by atoms with Gasteiger partial charge in [0, 0.05) is 16.0 Å². The molecule has 2 aromatic carbocycles. The van der Waals surface area contributed by atoms with Crippen molar-refractivity contribution in [2.45, 2.75) is 37.0 Å². The van der Waals surface area contributed by atoms with Gasteiger partial charge in [-0.2, -0.15) is 0 Å². The lowest BCUT2D eigenvalue weighted by Crippen LogP contribution is -2.30. The van der Waals surface area contributed by atoms with Crippen LogP contribution in [0.25, 0.3) is 10.9 Å². The monoisotopic (exact) mass is 513 g/mol. The topological polar surface area (TPSA) is 70.1 Å². The van der Waals surface area contributed by atoms with Crippen LogP contribution in [0.2, 0.25) is 5.02 Å². The summed E-state index contributed by atoms with van der Waals surface area (Å²) < 4.78 is 13.5. The van der Waals surface area contributed by atoms with Crippen LogP contribution in [0.1, 0.15) is 32.1 Å². The minimum Gasteiger partial charge on any atom is -0.340 e. The summed E-state index contributed by atoms with van der Waals surface area (Å²) >= 11 is 7.44. The van der Waals surface area contributed by atoms with E-state index < -0.39 is 5.82 Å². The molecule has 0 atom stereocenters. The number of carbonyl (C=O) groups excluding carboxylic acids is 1. The van der Waals surface area contributed by atoms with Gasteiger partial charge in [-0.15, -0.1) is 11.8 Å². The van der Waals surface area contributed by atoms with Crippen LogP contribution in [0, 0.1) is 5.82 Å². The Morgan fingerprint density at radius 1 is 1.20 bits per heavy atom. The molecule has 3 aromatic rings. The average molecular weight is 514 g/mol. The van der Waals surface area contributed by atoms with Crippen LogP contribution < -0.4 is 10.6 Å². The van der Waals surface area contributed by atoms with Gasteiger partial charge < -0.3 is 15.5 Å². The number of nitrogens with zero attached hydrogens (tertiary/aromatic N) is 3. The molecule has 0 unspecified atom stereocenters. The summed E-state index contributed by atoms with van der Waals surface area (Å²) in [6.07, 6.45) is 12.8. The minimum atomic E-state index is -0.487. The number of hydrogen-bond acceptors (Lipinski definition) is 6. The first-order chi connectivity index (χ1) is 17.0. The van der Waals surface area contributed by atoms with Gasteiger partial charge in [-0.1, -0.05) is 24.1 Å². The van der Waals surface area contributed by atoms with Gasteiger partial charge in [0.1, 0.15) is 18.0 Å². The minimum absolute atomic E-state index is 0.0219. The Hall–Kier alpha value is -2.68. The molecule has 1 saturated heterocycles. The molecule has 1 fully saturated rings. The van der Waals surface area contributed by atoms with Crippen molar-refractivity contribution >= 4 is 57.4 Å². The fraction of sp³-hybridized carbons (Fsp3) is 0.346. The number of fused-ring (bicyclic) bond motifs is 1. The zero-order valence-corrected chi connectivity index (χ0v) is 21.3. The average Bonchev–Trinajstić information content (AvgIpc) is 2.86. The Morgan fingerprint density at radius 2 is 2.03 bits per heavy atom. The van der Waals surface area contributed by atoms with E-state index >= 15 is 0 Å². The van der Waals surface area contributed by atoms with Crippen molar-refractivity contribution < 1.29 is 9.18 Å². The zero-order valence-electron chi connectivity index (χ0n) is 19.7. The van der Waals surface area contributed by atoms with Crippen molar-refractivity contribution in [3.63, 3.8) is 0 Å². The number of unbranched alkanes of at least 4 members (excludes halogenated alkanes) is 1. The van der Waals surface area contributed by atoms with Crippen LogP contribution in [-0.2, 0) is 4.79 Å². The summed E-state index contributed by atoms with van der Waals surface area (Å²) in [6, 6.07) is 8.16. The van der Waals surface area contributed by atoms with E-state index in [1.54, 1.807) is 12.1 Å². The maximum Gasteiger partial charge on any atom is 0.248 e. The second-order valence-corrected chi connectivity index (χ2v) is 9.74. The number of piperidine rings is 1. The molecular formula is C26H29ClFN5OS. The zero-order chi connectivity index (χ0) is 24.6. The number of halogens is 2. The van der Waals surface area contributed by atoms with Crippen LogP contribution >= 0.6 is 23.4 Å². The molecule has 2 heterocycles. The van der Waals surface area contributed by atoms with E-state index in [4.69, 9.17) is 11.6 Å². The number of rotatable bonds is 9. The van der Waals surface area contributed by atoms with Crippen LogP contribution in [0.5, 0.6) is 0 Å². The molecule has 2 N–H and O–H groups in total. The van der Waals surface area contributed by atoms with Crippen LogP contribution in [0.4, 0.5) is 21.6 Å². The molecule has 0 aliphatic carbocycles. The Morgan fingerprint density at radius 3 is 2.80 bits per heavy atom. The Balaban J connectivity index is 1.44. The van der Waals surface area contributed by atoms with Gasteiger partial charge in [0.2, 0.25) is 5.91 Å². The number of carbonyl (C=O) groups is 1. The van der Waals surface area contributed by atoms with E-state index in [1.807, 2.05) is 24.5 Å². The fourth-order valence-corrected chi connectivity index (χ4v) is 4.88. The van der Waals surface area contributed by atoms with Crippen molar-refractivity contribution in [3.05, 3.63) is 59.7 Å². The number of allylic oxidation sites excluding steroid dienone is 1. The van der Waals surface area contributed by atoms with Crippen LogP contribution in [0.3, 0.4) is 0 Å². The lowest BCUT2D eigenvalue weighted by molar-refractivity contribution is -0.111. The van der Waals surface area contributed by atoms with Crippen molar-refractivity contribution in [2.75, 3.05) is 36.5 Å². The molecule has 1 aliphatic heterocycles. The first kappa shape index (κ1) is 25.4. The van der Waals surface area contributed by atoms with Gasteiger partial charge in [0.05, 0.1) is 16.2 Å². The Kier molecular flexibility index (Phi) is 8.95. The molecule has 0 bridgehead atoms. The number of likely N-dealkylation sites (tertiary alicyclic amines) is 1. The highest BCUT2D eigenvalue weighted by molar-refractivity contribution is 7.98. The van der Waals surface area contributed by atoms with Gasteiger partial charge in [-0.3, -0.25) is 4.79 Å². The molecule has 0 spiro atoms. The normalized spacial score (nSPS) is 14.5. The van der Waals surface area contributed by atoms with E-state index in [0.29, 0.717) is 17.2 Å². The predicted molar refractivity (Wildman–Crippen MR) is 143 cm³/mol. The second-order valence-electron chi connectivity index (χ2n) is 8.48. The lowest BCUT2D eigenvalue weighted by Gasteiger charge is -2.25. The Bertz CT molecular complexity index is 1220. The molecule has 1 aliphatic rings. The number of aromatic nitrogens is 2. The van der Waals surface area contributed by atoms with Gasteiger partial charge in [0.15, 0.2) is 0 Å². The van der Waals surface area contributed by atoms with Gasteiger partial charge in [0.25, 0.3) is 0 Å². The summed E-state index contributed by atoms with van der Waals surface area (Å²) in [4.78, 5) is 24.7. The molecule has 0 saturated carbocycles. The highest BCUT2D eigenvalue weighted by Crippen LogP contribution is 2.33. The van der Waals surface area contributed by atoms with Crippen molar-refractivity contribution in [1.82, 2.24) is 14.9 Å². The van der Waals surface area contributed by atoms with Crippen molar-refractivity contribution in [1.29, 1.82) is 0 Å². The highest BCUT2D eigenvalue weighted by Gasteiger charge is 2.12. The van der Waals surface area contributed by atoms with Gasteiger partial charge in [-0.25, -0.2) is 14.4 Å². The second kappa shape index (κ2) is 12.3. The number of amides is 1. The molecule has 184 valence electrons. The predicted octanol–water partition coefficient (Wildman–Crippen LogP) is 6.65. The van der Waals surface area contributed by atoms with E-state index in [1.165, 1.54) is 62.6 Å². The van der Waals surface area contributed by atoms with Gasteiger partial charge in [-0.05, 0) is 88.0 Å². The lowest BCUT2D eigenvalue weighted by atomic mass is 10.1. The quantitative estimate of drug-likeness (QED) is 0.190. The number of anilines is 3. The SMILES string of the molecule is CSc1cc2ncnc(Nc3ccc(F)c(Cl)c3)c2cc1NC(=O)/C=C/CCCN1CCCCC1. The molecule has 9 heteroatoms. The smallest absolute Gasteiger partial charge is 0.248 e. The van der Waals surface area contributed by atoms with Crippen molar-refractivity contribution in [2.24, 2.45) is 0 Å². The number of nitrogens with one attached hydrogen (secondary N) is 2. The van der Waals surface area contributed by atoms with E-state index in [0.717, 1.165) is 35.2 Å². The molecule has 1 amide bonds. The Labute approximate surface area is 214 Å². The summed E-state index contributed by atoms with van der Waals surface area (Å²) in [6.45, 7) is 3.47. The summed E-state index contributed by atoms with van der Waals surface area (Å²) in [5, 5.41) is 6.91. The molecule has 35 heavy (non-hydrogen) atoms. The third kappa shape index (κ3) is 6.93. The summed E-state index contributed by atoms with van der Waals surface area (Å²) in [7, 11) is 0. The summed E-state index contributed by atoms with van der Waals surface area (Å²) in [5.41, 5.74) is 2.01. The molecule has 4 rings (SSSR count). The molecule has 6 nitrogen and oxygen atoms in total. The first-order valence-electron chi connectivity index (χ1n) is 11.8. The van der Waals surface area contributed by atoms with Crippen LogP contribution in [0.15, 0.2) is 53.7 Å². The van der Waals surface area contributed by atoms with E-state index in [9.17, 15) is 9.18 Å². The number of benzene rings is 2. The third-order valence-electron chi connectivity index (χ3n) is 5.96. The van der Waals surface area contributed by atoms with Crippen molar-refractivity contribution in [3.8, 4) is 0 Å². The van der Waals surface area contributed by atoms with Gasteiger partial charge >= 0.3 is 0 Å². The molecule has 0 radical (unpaired) electrons. The van der Waals surface area contributed by atoms with E-state index in [-0.39, 0.29) is 10.9 Å². The molecule has 1 aromatic heterocycles. The molecular weight excluding hydrogens is 485 g/mol.